The molecule has 0 fully saturated rings. The molecule has 0 bridgehead atoms. The fourth-order valence-corrected chi connectivity index (χ4v) is 2.24. The summed E-state index contributed by atoms with van der Waals surface area (Å²) < 4.78 is 14.8. The zero-order valence-electron chi connectivity index (χ0n) is 10.5. The number of rotatable bonds is 3. The predicted molar refractivity (Wildman–Crippen MR) is 72.2 cm³/mol. The van der Waals surface area contributed by atoms with Crippen molar-refractivity contribution in [1.82, 2.24) is 9.78 Å². The second kappa shape index (κ2) is 4.77. The van der Waals surface area contributed by atoms with Crippen molar-refractivity contribution in [1.29, 1.82) is 0 Å². The molecule has 100 valence electrons. The summed E-state index contributed by atoms with van der Waals surface area (Å²) in [5.74, 6) is -1.32. The van der Waals surface area contributed by atoms with Crippen molar-refractivity contribution in [2.24, 2.45) is 0 Å². The summed E-state index contributed by atoms with van der Waals surface area (Å²) in [5, 5.41) is 14.2. The summed E-state index contributed by atoms with van der Waals surface area (Å²) in [5.41, 5.74) is 1.47. The number of hydrogen-bond donors (Lipinski definition) is 1. The first kappa shape index (κ1) is 12.3. The Balaban J connectivity index is 2.10. The molecular formula is C15H11FN2O2. The largest absolute Gasteiger partial charge is 0.478 e. The molecule has 1 heterocycles. The highest BCUT2D eigenvalue weighted by Crippen LogP contribution is 2.20. The van der Waals surface area contributed by atoms with Crippen LogP contribution in [0.15, 0.2) is 48.7 Å². The summed E-state index contributed by atoms with van der Waals surface area (Å²) in [7, 11) is 0. The van der Waals surface area contributed by atoms with E-state index in [0.717, 1.165) is 10.9 Å². The second-order valence-corrected chi connectivity index (χ2v) is 4.48. The third-order valence-electron chi connectivity index (χ3n) is 3.11. The number of aromatic nitrogens is 2. The number of carboxylic acid groups (broad SMARTS) is 1. The number of carboxylic acids is 1. The van der Waals surface area contributed by atoms with Crippen molar-refractivity contribution >= 4 is 16.9 Å². The molecule has 1 aromatic heterocycles. The van der Waals surface area contributed by atoms with Crippen LogP contribution in [-0.2, 0) is 6.54 Å². The van der Waals surface area contributed by atoms with Gasteiger partial charge in [-0.3, -0.25) is 4.68 Å². The molecule has 4 nitrogen and oxygen atoms in total. The van der Waals surface area contributed by atoms with Gasteiger partial charge < -0.3 is 5.11 Å². The van der Waals surface area contributed by atoms with Gasteiger partial charge in [0.1, 0.15) is 5.82 Å². The second-order valence-electron chi connectivity index (χ2n) is 4.48. The fourth-order valence-electron chi connectivity index (χ4n) is 2.24. The topological polar surface area (TPSA) is 55.1 Å². The maximum absolute atomic E-state index is 13.2. The SMILES string of the molecule is O=C(O)c1cccc2cnn(Cc3cccc(F)c3)c12. The summed E-state index contributed by atoms with van der Waals surface area (Å²) in [4.78, 5) is 11.3. The number of para-hydroxylation sites is 1. The number of aromatic carboxylic acids is 1. The Bertz CT molecular complexity index is 795. The molecule has 0 unspecified atom stereocenters. The zero-order valence-corrected chi connectivity index (χ0v) is 10.5. The molecule has 0 radical (unpaired) electrons. The van der Waals surface area contributed by atoms with Crippen LogP contribution in [0.1, 0.15) is 15.9 Å². The monoisotopic (exact) mass is 270 g/mol. The number of nitrogens with zero attached hydrogens (tertiary/aromatic N) is 2. The summed E-state index contributed by atoms with van der Waals surface area (Å²) in [6.45, 7) is 0.325. The molecule has 0 spiro atoms. The van der Waals surface area contributed by atoms with E-state index in [-0.39, 0.29) is 11.4 Å². The Labute approximate surface area is 114 Å². The Kier molecular flexibility index (Phi) is 2.95. The molecular weight excluding hydrogens is 259 g/mol. The van der Waals surface area contributed by atoms with Gasteiger partial charge in [-0.15, -0.1) is 0 Å². The van der Waals surface area contributed by atoms with Gasteiger partial charge >= 0.3 is 5.97 Å². The molecule has 3 rings (SSSR count). The minimum atomic E-state index is -1.00. The minimum absolute atomic E-state index is 0.191. The smallest absolute Gasteiger partial charge is 0.337 e. The van der Waals surface area contributed by atoms with Crippen molar-refractivity contribution in [2.45, 2.75) is 6.54 Å². The lowest BCUT2D eigenvalue weighted by molar-refractivity contribution is 0.0698. The van der Waals surface area contributed by atoms with E-state index < -0.39 is 5.97 Å². The average molecular weight is 270 g/mol. The van der Waals surface area contributed by atoms with Crippen LogP contribution in [0, 0.1) is 5.82 Å². The van der Waals surface area contributed by atoms with Crippen LogP contribution in [0.3, 0.4) is 0 Å². The van der Waals surface area contributed by atoms with E-state index in [2.05, 4.69) is 5.10 Å². The van der Waals surface area contributed by atoms with Crippen molar-refractivity contribution in [3.05, 3.63) is 65.6 Å². The van der Waals surface area contributed by atoms with E-state index in [1.807, 2.05) is 0 Å². The van der Waals surface area contributed by atoms with Crippen LogP contribution in [0.5, 0.6) is 0 Å². The zero-order chi connectivity index (χ0) is 14.1. The maximum Gasteiger partial charge on any atom is 0.337 e. The Hall–Kier alpha value is -2.69. The Morgan fingerprint density at radius 2 is 2.05 bits per heavy atom. The molecule has 5 heteroatoms. The van der Waals surface area contributed by atoms with Gasteiger partial charge in [0.25, 0.3) is 0 Å². The number of hydrogen-bond acceptors (Lipinski definition) is 2. The molecule has 0 aliphatic rings. The van der Waals surface area contributed by atoms with Gasteiger partial charge in [0.05, 0.1) is 23.8 Å². The number of halogens is 1. The molecule has 0 aliphatic carbocycles. The fraction of sp³-hybridized carbons (Fsp3) is 0.0667. The molecule has 0 saturated carbocycles. The molecule has 20 heavy (non-hydrogen) atoms. The first-order valence-corrected chi connectivity index (χ1v) is 6.07. The lowest BCUT2D eigenvalue weighted by atomic mass is 10.1. The van der Waals surface area contributed by atoms with Crippen LogP contribution in [0.25, 0.3) is 10.9 Å². The predicted octanol–water partition coefficient (Wildman–Crippen LogP) is 2.92. The van der Waals surface area contributed by atoms with Crippen LogP contribution >= 0.6 is 0 Å². The van der Waals surface area contributed by atoms with E-state index in [4.69, 9.17) is 0 Å². The van der Waals surface area contributed by atoms with Crippen molar-refractivity contribution in [2.75, 3.05) is 0 Å². The van der Waals surface area contributed by atoms with Gasteiger partial charge in [0.2, 0.25) is 0 Å². The lowest BCUT2D eigenvalue weighted by Gasteiger charge is -2.06. The first-order valence-electron chi connectivity index (χ1n) is 6.07. The van der Waals surface area contributed by atoms with Gasteiger partial charge in [-0.1, -0.05) is 24.3 Å². The normalized spacial score (nSPS) is 10.8. The Morgan fingerprint density at radius 1 is 1.25 bits per heavy atom. The molecule has 0 aliphatic heterocycles. The third-order valence-corrected chi connectivity index (χ3v) is 3.11. The van der Waals surface area contributed by atoms with E-state index in [0.29, 0.717) is 12.1 Å². The number of fused-ring (bicyclic) bond motifs is 1. The highest BCUT2D eigenvalue weighted by atomic mass is 19.1. The van der Waals surface area contributed by atoms with E-state index >= 15 is 0 Å². The van der Waals surface area contributed by atoms with Crippen molar-refractivity contribution in [3.63, 3.8) is 0 Å². The van der Waals surface area contributed by atoms with E-state index in [1.165, 1.54) is 18.2 Å². The molecule has 2 aromatic carbocycles. The first-order chi connectivity index (χ1) is 9.65. The lowest BCUT2D eigenvalue weighted by Crippen LogP contribution is -2.06. The van der Waals surface area contributed by atoms with Crippen molar-refractivity contribution < 1.29 is 14.3 Å². The average Bonchev–Trinajstić information content (AvgIpc) is 2.82. The maximum atomic E-state index is 13.2. The molecule has 0 amide bonds. The van der Waals surface area contributed by atoms with Crippen LogP contribution in [-0.4, -0.2) is 20.9 Å². The van der Waals surface area contributed by atoms with Gasteiger partial charge in [0.15, 0.2) is 0 Å². The summed E-state index contributed by atoms with van der Waals surface area (Å²) >= 11 is 0. The quantitative estimate of drug-likeness (QED) is 0.796. The van der Waals surface area contributed by atoms with E-state index in [1.54, 1.807) is 35.1 Å². The standard InChI is InChI=1S/C15H11FN2O2/c16-12-5-1-3-10(7-12)9-18-14-11(8-17-18)4-2-6-13(14)15(19)20/h1-8H,9H2,(H,19,20). The van der Waals surface area contributed by atoms with Crippen LogP contribution in [0.2, 0.25) is 0 Å². The Morgan fingerprint density at radius 3 is 2.80 bits per heavy atom. The van der Waals surface area contributed by atoms with Gasteiger partial charge in [-0.2, -0.15) is 5.10 Å². The van der Waals surface area contributed by atoms with Crippen molar-refractivity contribution in [3.8, 4) is 0 Å². The summed E-state index contributed by atoms with van der Waals surface area (Å²) in [6, 6.07) is 11.2. The number of carbonyl (C=O) groups is 1. The third kappa shape index (κ3) is 2.14. The highest BCUT2D eigenvalue weighted by molar-refractivity contribution is 6.01. The molecule has 0 saturated heterocycles. The van der Waals surface area contributed by atoms with Gasteiger partial charge in [-0.25, -0.2) is 9.18 Å². The van der Waals surface area contributed by atoms with Gasteiger partial charge in [0, 0.05) is 5.39 Å². The molecule has 1 N–H and O–H groups in total. The molecule has 3 aromatic rings. The minimum Gasteiger partial charge on any atom is -0.478 e. The number of benzene rings is 2. The van der Waals surface area contributed by atoms with Gasteiger partial charge in [-0.05, 0) is 23.8 Å². The summed E-state index contributed by atoms with van der Waals surface area (Å²) in [6.07, 6.45) is 1.61. The van der Waals surface area contributed by atoms with Crippen LogP contribution in [0.4, 0.5) is 4.39 Å². The van der Waals surface area contributed by atoms with Crippen LogP contribution < -0.4 is 0 Å². The highest BCUT2D eigenvalue weighted by Gasteiger charge is 2.13. The van der Waals surface area contributed by atoms with E-state index in [9.17, 15) is 14.3 Å². The molecule has 0 atom stereocenters.